The van der Waals surface area contributed by atoms with Crippen LogP contribution in [0.25, 0.3) is 0 Å². The highest BCUT2D eigenvalue weighted by Crippen LogP contribution is 2.10. The third-order valence-corrected chi connectivity index (χ3v) is 3.20. The van der Waals surface area contributed by atoms with Gasteiger partial charge in [0.05, 0.1) is 19.3 Å². The highest BCUT2D eigenvalue weighted by Gasteiger charge is 2.25. The molecule has 0 aliphatic rings. The number of nitrogens with zero attached hydrogens (tertiary/aromatic N) is 1. The van der Waals surface area contributed by atoms with E-state index >= 15 is 0 Å². The first-order valence-corrected chi connectivity index (χ1v) is 8.44. The van der Waals surface area contributed by atoms with Gasteiger partial charge < -0.3 is 19.5 Å². The van der Waals surface area contributed by atoms with Crippen molar-refractivity contribution in [3.8, 4) is 0 Å². The Morgan fingerprint density at radius 1 is 1.21 bits per heavy atom. The molecule has 0 aliphatic heterocycles. The number of hydrogen-bond acceptors (Lipinski definition) is 5. The molecule has 0 radical (unpaired) electrons. The normalized spacial score (nSPS) is 12.8. The molecule has 1 N–H and O–H groups in total. The molecule has 0 unspecified atom stereocenters. The van der Waals surface area contributed by atoms with Gasteiger partial charge in [0, 0.05) is 20.3 Å². The molecule has 0 aromatic heterocycles. The summed E-state index contributed by atoms with van der Waals surface area (Å²) in [6, 6.07) is -0.0969. The maximum atomic E-state index is 12.3. The Morgan fingerprint density at radius 3 is 2.29 bits per heavy atom. The van der Waals surface area contributed by atoms with Gasteiger partial charge in [0.25, 0.3) is 0 Å². The van der Waals surface area contributed by atoms with Gasteiger partial charge in [-0.1, -0.05) is 13.8 Å². The molecule has 7 nitrogen and oxygen atoms in total. The van der Waals surface area contributed by atoms with Crippen LogP contribution < -0.4 is 5.32 Å². The summed E-state index contributed by atoms with van der Waals surface area (Å²) in [5.74, 6) is -0.00943. The number of carbonyl (C=O) groups excluding carboxylic acids is 2. The van der Waals surface area contributed by atoms with Crippen LogP contribution in [0.5, 0.6) is 0 Å². The topological polar surface area (TPSA) is 77.1 Å². The Morgan fingerprint density at radius 2 is 1.83 bits per heavy atom. The van der Waals surface area contributed by atoms with Crippen LogP contribution in [0.3, 0.4) is 0 Å². The molecule has 0 aromatic carbocycles. The number of hydrogen-bond donors (Lipinski definition) is 1. The predicted octanol–water partition coefficient (Wildman–Crippen LogP) is 2.05. The van der Waals surface area contributed by atoms with Crippen molar-refractivity contribution in [2.75, 3.05) is 40.0 Å². The molecule has 0 aliphatic carbocycles. The van der Waals surface area contributed by atoms with Crippen LogP contribution in [-0.2, 0) is 19.0 Å². The summed E-state index contributed by atoms with van der Waals surface area (Å²) >= 11 is 0. The van der Waals surface area contributed by atoms with Gasteiger partial charge in [0.2, 0.25) is 5.91 Å². The molecule has 0 saturated heterocycles. The average Bonchev–Trinajstić information content (AvgIpc) is 2.45. The van der Waals surface area contributed by atoms with Crippen molar-refractivity contribution >= 4 is 12.0 Å². The molecule has 0 saturated carbocycles. The smallest absolute Gasteiger partial charge is 0.410 e. The monoisotopic (exact) mass is 346 g/mol. The molecule has 0 spiro atoms. The standard InChI is InChI=1S/C17H34N2O5/c1-8-23-12-14(13(2)3)18-15(20)11-19(9-10-22-7)16(21)24-17(4,5)6/h13-14H,8-12H2,1-7H3,(H,18,20)/t14-/m0/s1. The van der Waals surface area contributed by atoms with Crippen molar-refractivity contribution in [2.45, 2.75) is 53.2 Å². The molecule has 142 valence electrons. The molecule has 0 fully saturated rings. The number of ether oxygens (including phenoxy) is 3. The van der Waals surface area contributed by atoms with Gasteiger partial charge in [-0.15, -0.1) is 0 Å². The van der Waals surface area contributed by atoms with E-state index in [1.807, 2.05) is 20.8 Å². The first-order chi connectivity index (χ1) is 11.1. The van der Waals surface area contributed by atoms with Crippen molar-refractivity contribution in [1.29, 1.82) is 0 Å². The Kier molecular flexibility index (Phi) is 10.6. The minimum Gasteiger partial charge on any atom is -0.444 e. The van der Waals surface area contributed by atoms with Crippen molar-refractivity contribution in [3.63, 3.8) is 0 Å². The maximum Gasteiger partial charge on any atom is 0.410 e. The van der Waals surface area contributed by atoms with Crippen LogP contribution in [0, 0.1) is 5.92 Å². The minimum atomic E-state index is -0.617. The molecule has 0 heterocycles. The van der Waals surface area contributed by atoms with Crippen molar-refractivity contribution in [2.24, 2.45) is 5.92 Å². The van der Waals surface area contributed by atoms with E-state index in [1.165, 1.54) is 4.90 Å². The third kappa shape index (κ3) is 10.4. The van der Waals surface area contributed by atoms with Gasteiger partial charge in [0.1, 0.15) is 12.1 Å². The zero-order valence-corrected chi connectivity index (χ0v) is 16.2. The highest BCUT2D eigenvalue weighted by atomic mass is 16.6. The summed E-state index contributed by atoms with van der Waals surface area (Å²) in [6.45, 7) is 12.9. The van der Waals surface area contributed by atoms with Crippen LogP contribution in [0.1, 0.15) is 41.5 Å². The van der Waals surface area contributed by atoms with Gasteiger partial charge >= 0.3 is 6.09 Å². The fourth-order valence-electron chi connectivity index (χ4n) is 1.83. The van der Waals surface area contributed by atoms with Crippen LogP contribution in [-0.4, -0.2) is 68.6 Å². The Hall–Kier alpha value is -1.34. The zero-order valence-electron chi connectivity index (χ0n) is 16.2. The quantitative estimate of drug-likeness (QED) is 0.655. The number of carbonyl (C=O) groups is 2. The maximum absolute atomic E-state index is 12.3. The lowest BCUT2D eigenvalue weighted by Gasteiger charge is -2.28. The first kappa shape index (κ1) is 22.7. The molecular formula is C17H34N2O5. The lowest BCUT2D eigenvalue weighted by atomic mass is 10.1. The fourth-order valence-corrected chi connectivity index (χ4v) is 1.83. The van der Waals surface area contributed by atoms with Crippen LogP contribution in [0.2, 0.25) is 0 Å². The minimum absolute atomic E-state index is 0.0758. The summed E-state index contributed by atoms with van der Waals surface area (Å²) in [4.78, 5) is 25.9. The molecular weight excluding hydrogens is 312 g/mol. The van der Waals surface area contributed by atoms with E-state index in [0.29, 0.717) is 19.8 Å². The summed E-state index contributed by atoms with van der Waals surface area (Å²) < 4.78 is 15.7. The average molecular weight is 346 g/mol. The van der Waals surface area contributed by atoms with Gasteiger partial charge in [0.15, 0.2) is 0 Å². The highest BCUT2D eigenvalue weighted by molar-refractivity contribution is 5.82. The summed E-state index contributed by atoms with van der Waals surface area (Å²) in [6.07, 6.45) is -0.527. The van der Waals surface area contributed by atoms with E-state index in [2.05, 4.69) is 5.32 Å². The second-order valence-corrected chi connectivity index (χ2v) is 6.97. The van der Waals surface area contributed by atoms with Gasteiger partial charge in [-0.3, -0.25) is 9.69 Å². The van der Waals surface area contributed by atoms with E-state index in [9.17, 15) is 9.59 Å². The summed E-state index contributed by atoms with van der Waals surface area (Å²) in [5.41, 5.74) is -0.617. The predicted molar refractivity (Wildman–Crippen MR) is 92.9 cm³/mol. The Labute approximate surface area is 146 Å². The van der Waals surface area contributed by atoms with E-state index in [4.69, 9.17) is 14.2 Å². The third-order valence-electron chi connectivity index (χ3n) is 3.20. The Balaban J connectivity index is 4.75. The molecule has 0 aromatic rings. The number of amides is 2. The van der Waals surface area contributed by atoms with Gasteiger partial charge in [-0.05, 0) is 33.6 Å². The van der Waals surface area contributed by atoms with Crippen LogP contribution in [0.15, 0.2) is 0 Å². The zero-order chi connectivity index (χ0) is 18.8. The van der Waals surface area contributed by atoms with E-state index in [1.54, 1.807) is 27.9 Å². The SMILES string of the molecule is CCOC[C@H](NC(=O)CN(CCOC)C(=O)OC(C)(C)C)C(C)C. The van der Waals surface area contributed by atoms with E-state index in [0.717, 1.165) is 0 Å². The second kappa shape index (κ2) is 11.3. The van der Waals surface area contributed by atoms with Crippen molar-refractivity contribution < 1.29 is 23.8 Å². The van der Waals surface area contributed by atoms with E-state index in [-0.39, 0.29) is 31.0 Å². The largest absolute Gasteiger partial charge is 0.444 e. The Bertz CT molecular complexity index is 380. The molecule has 1 atom stereocenters. The fraction of sp³-hybridized carbons (Fsp3) is 0.882. The molecule has 24 heavy (non-hydrogen) atoms. The molecule has 0 bridgehead atoms. The van der Waals surface area contributed by atoms with Crippen molar-refractivity contribution in [3.05, 3.63) is 0 Å². The number of rotatable bonds is 10. The number of methoxy groups -OCH3 is 1. The van der Waals surface area contributed by atoms with Crippen molar-refractivity contribution in [1.82, 2.24) is 10.2 Å². The second-order valence-electron chi connectivity index (χ2n) is 6.97. The first-order valence-electron chi connectivity index (χ1n) is 8.44. The lowest BCUT2D eigenvalue weighted by molar-refractivity contribution is -0.124. The molecule has 0 rings (SSSR count). The number of nitrogens with one attached hydrogen (secondary N) is 1. The molecule has 2 amide bonds. The van der Waals surface area contributed by atoms with E-state index < -0.39 is 11.7 Å². The summed E-state index contributed by atoms with van der Waals surface area (Å²) in [7, 11) is 1.55. The summed E-state index contributed by atoms with van der Waals surface area (Å²) in [5, 5.41) is 2.92. The van der Waals surface area contributed by atoms with Gasteiger partial charge in [-0.25, -0.2) is 4.79 Å². The van der Waals surface area contributed by atoms with Gasteiger partial charge in [-0.2, -0.15) is 0 Å². The molecule has 7 heteroatoms. The van der Waals surface area contributed by atoms with Crippen LogP contribution >= 0.6 is 0 Å². The lowest BCUT2D eigenvalue weighted by Crippen LogP contribution is -2.49. The van der Waals surface area contributed by atoms with Crippen LogP contribution in [0.4, 0.5) is 4.79 Å².